The van der Waals surface area contributed by atoms with E-state index in [4.69, 9.17) is 11.6 Å². The molecule has 1 aromatic heterocycles. The van der Waals surface area contributed by atoms with Crippen LogP contribution in [-0.2, 0) is 0 Å². The summed E-state index contributed by atoms with van der Waals surface area (Å²) in [5, 5.41) is 0.301. The van der Waals surface area contributed by atoms with Crippen LogP contribution >= 0.6 is 11.6 Å². The molecule has 0 aliphatic carbocycles. The van der Waals surface area contributed by atoms with Gasteiger partial charge < -0.3 is 4.90 Å². The molecule has 1 rings (SSSR count). The van der Waals surface area contributed by atoms with Crippen LogP contribution in [0.3, 0.4) is 0 Å². The predicted molar refractivity (Wildman–Crippen MR) is 43.5 cm³/mol. The lowest BCUT2D eigenvalue weighted by atomic mass is 10.4. The van der Waals surface area contributed by atoms with Crippen LogP contribution in [0.1, 0.15) is 0 Å². The van der Waals surface area contributed by atoms with E-state index in [9.17, 15) is 4.39 Å². The largest absolute Gasteiger partial charge is 0.360 e. The minimum absolute atomic E-state index is 0.262. The Morgan fingerprint density at radius 2 is 2.09 bits per heavy atom. The first-order valence-electron chi connectivity index (χ1n) is 3.10. The van der Waals surface area contributed by atoms with Gasteiger partial charge in [0.15, 0.2) is 11.6 Å². The number of hydrogen-bond donors (Lipinski definition) is 0. The van der Waals surface area contributed by atoms with Crippen molar-refractivity contribution in [3.8, 4) is 0 Å². The SMILES string of the molecule is CN(C)c1nc(Cl)ccc1F. The molecule has 0 bridgehead atoms. The summed E-state index contributed by atoms with van der Waals surface area (Å²) in [6, 6.07) is 2.72. The molecule has 0 aromatic carbocycles. The number of hydrogen-bond acceptors (Lipinski definition) is 2. The maximum Gasteiger partial charge on any atom is 0.165 e. The maximum atomic E-state index is 12.9. The maximum absolute atomic E-state index is 12.9. The lowest BCUT2D eigenvalue weighted by Crippen LogP contribution is -2.12. The number of aromatic nitrogens is 1. The standard InChI is InChI=1S/C7H8ClFN2/c1-11(2)7-5(9)3-4-6(8)10-7/h3-4H,1-2H3. The van der Waals surface area contributed by atoms with Gasteiger partial charge in [-0.3, -0.25) is 0 Å². The molecule has 0 amide bonds. The predicted octanol–water partition coefficient (Wildman–Crippen LogP) is 1.94. The Labute approximate surface area is 69.6 Å². The lowest BCUT2D eigenvalue weighted by molar-refractivity contribution is 0.619. The number of anilines is 1. The molecule has 0 unspecified atom stereocenters. The summed E-state index contributed by atoms with van der Waals surface area (Å²) in [6.45, 7) is 0. The van der Waals surface area contributed by atoms with E-state index in [1.165, 1.54) is 12.1 Å². The van der Waals surface area contributed by atoms with Crippen LogP contribution < -0.4 is 4.90 Å². The van der Waals surface area contributed by atoms with Crippen molar-refractivity contribution in [3.05, 3.63) is 23.1 Å². The van der Waals surface area contributed by atoms with Crippen LogP contribution in [0.2, 0.25) is 5.15 Å². The molecule has 0 fully saturated rings. The Balaban J connectivity index is 3.13. The van der Waals surface area contributed by atoms with E-state index < -0.39 is 0 Å². The van der Waals surface area contributed by atoms with E-state index in [1.54, 1.807) is 19.0 Å². The van der Waals surface area contributed by atoms with Crippen LogP contribution in [0.4, 0.5) is 10.2 Å². The third kappa shape index (κ3) is 1.80. The molecule has 0 radical (unpaired) electrons. The zero-order chi connectivity index (χ0) is 8.43. The monoisotopic (exact) mass is 174 g/mol. The molecule has 0 saturated heterocycles. The van der Waals surface area contributed by atoms with Crippen molar-refractivity contribution in [1.82, 2.24) is 4.98 Å². The molecule has 0 spiro atoms. The van der Waals surface area contributed by atoms with Crippen LogP contribution in [0.15, 0.2) is 12.1 Å². The van der Waals surface area contributed by atoms with Crippen LogP contribution in [-0.4, -0.2) is 19.1 Å². The molecule has 11 heavy (non-hydrogen) atoms. The van der Waals surface area contributed by atoms with E-state index >= 15 is 0 Å². The van der Waals surface area contributed by atoms with Crippen molar-refractivity contribution in [2.45, 2.75) is 0 Å². The lowest BCUT2D eigenvalue weighted by Gasteiger charge is -2.11. The second kappa shape index (κ2) is 3.05. The minimum Gasteiger partial charge on any atom is -0.360 e. The molecular formula is C7H8ClFN2. The summed E-state index contributed by atoms with van der Waals surface area (Å²) in [4.78, 5) is 5.36. The molecular weight excluding hydrogens is 167 g/mol. The van der Waals surface area contributed by atoms with Gasteiger partial charge in [-0.15, -0.1) is 0 Å². The Morgan fingerprint density at radius 3 is 2.55 bits per heavy atom. The molecule has 1 aromatic rings. The fourth-order valence-electron chi connectivity index (χ4n) is 0.722. The Hall–Kier alpha value is -0.830. The average molecular weight is 175 g/mol. The van der Waals surface area contributed by atoms with Crippen molar-refractivity contribution in [1.29, 1.82) is 0 Å². The van der Waals surface area contributed by atoms with Gasteiger partial charge in [0.1, 0.15) is 5.15 Å². The fourth-order valence-corrected chi connectivity index (χ4v) is 0.865. The van der Waals surface area contributed by atoms with Crippen LogP contribution in [0.5, 0.6) is 0 Å². The molecule has 0 atom stereocenters. The molecule has 0 aliphatic rings. The van der Waals surface area contributed by atoms with Crippen molar-refractivity contribution in [2.24, 2.45) is 0 Å². The first-order valence-corrected chi connectivity index (χ1v) is 3.48. The quantitative estimate of drug-likeness (QED) is 0.605. The molecule has 2 nitrogen and oxygen atoms in total. The summed E-state index contributed by atoms with van der Waals surface area (Å²) in [7, 11) is 3.42. The van der Waals surface area contributed by atoms with Gasteiger partial charge in [-0.2, -0.15) is 0 Å². The Kier molecular flexibility index (Phi) is 2.29. The highest BCUT2D eigenvalue weighted by Gasteiger charge is 2.05. The van der Waals surface area contributed by atoms with E-state index in [1.807, 2.05) is 0 Å². The van der Waals surface area contributed by atoms with Gasteiger partial charge in [0, 0.05) is 14.1 Å². The number of halogens is 2. The second-order valence-electron chi connectivity index (χ2n) is 2.33. The van der Waals surface area contributed by atoms with Gasteiger partial charge in [-0.25, -0.2) is 9.37 Å². The van der Waals surface area contributed by atoms with Crippen molar-refractivity contribution in [2.75, 3.05) is 19.0 Å². The van der Waals surface area contributed by atoms with Crippen molar-refractivity contribution in [3.63, 3.8) is 0 Å². The molecule has 4 heteroatoms. The van der Waals surface area contributed by atoms with E-state index in [2.05, 4.69) is 4.98 Å². The minimum atomic E-state index is -0.362. The first kappa shape index (κ1) is 8.27. The Bertz CT molecular complexity index is 263. The zero-order valence-electron chi connectivity index (χ0n) is 6.31. The third-order valence-corrected chi connectivity index (χ3v) is 1.43. The highest BCUT2D eigenvalue weighted by Crippen LogP contribution is 2.16. The molecule has 60 valence electrons. The normalized spacial score (nSPS) is 9.82. The third-order valence-electron chi connectivity index (χ3n) is 1.22. The highest BCUT2D eigenvalue weighted by molar-refractivity contribution is 6.29. The Morgan fingerprint density at radius 1 is 1.45 bits per heavy atom. The fraction of sp³-hybridized carbons (Fsp3) is 0.286. The second-order valence-corrected chi connectivity index (χ2v) is 2.72. The van der Waals surface area contributed by atoms with E-state index in [0.29, 0.717) is 5.15 Å². The van der Waals surface area contributed by atoms with Gasteiger partial charge in [-0.1, -0.05) is 11.6 Å². The zero-order valence-corrected chi connectivity index (χ0v) is 7.06. The van der Waals surface area contributed by atoms with Crippen molar-refractivity contribution < 1.29 is 4.39 Å². The summed E-state index contributed by atoms with van der Waals surface area (Å²) >= 11 is 5.56. The van der Waals surface area contributed by atoms with Crippen LogP contribution in [0, 0.1) is 5.82 Å². The van der Waals surface area contributed by atoms with E-state index in [0.717, 1.165) is 0 Å². The molecule has 0 aliphatic heterocycles. The summed E-state index contributed by atoms with van der Waals surface area (Å²) < 4.78 is 12.9. The number of rotatable bonds is 1. The van der Waals surface area contributed by atoms with Crippen molar-refractivity contribution >= 4 is 17.4 Å². The summed E-state index contributed by atoms with van der Waals surface area (Å²) in [5.41, 5.74) is 0. The molecule has 0 N–H and O–H groups in total. The van der Waals surface area contributed by atoms with E-state index in [-0.39, 0.29) is 11.6 Å². The van der Waals surface area contributed by atoms with Gasteiger partial charge in [0.05, 0.1) is 0 Å². The van der Waals surface area contributed by atoms with Gasteiger partial charge >= 0.3 is 0 Å². The van der Waals surface area contributed by atoms with Gasteiger partial charge in [0.2, 0.25) is 0 Å². The van der Waals surface area contributed by atoms with Gasteiger partial charge in [0.25, 0.3) is 0 Å². The molecule has 1 heterocycles. The summed E-state index contributed by atoms with van der Waals surface area (Å²) in [6.07, 6.45) is 0. The van der Waals surface area contributed by atoms with Gasteiger partial charge in [-0.05, 0) is 12.1 Å². The highest BCUT2D eigenvalue weighted by atomic mass is 35.5. The molecule has 0 saturated carbocycles. The number of pyridine rings is 1. The van der Waals surface area contributed by atoms with Crippen LogP contribution in [0.25, 0.3) is 0 Å². The smallest absolute Gasteiger partial charge is 0.165 e. The average Bonchev–Trinajstić information content (AvgIpc) is 1.94. The topological polar surface area (TPSA) is 16.1 Å². The first-order chi connectivity index (χ1) is 5.11. The number of nitrogens with zero attached hydrogens (tertiary/aromatic N) is 2. The summed E-state index contributed by atoms with van der Waals surface area (Å²) in [5.74, 6) is -0.100.